The maximum absolute atomic E-state index is 10.6. The van der Waals surface area contributed by atoms with E-state index in [0.717, 1.165) is 5.56 Å². The molecular formula is C9H11N3O2. The smallest absolute Gasteiger partial charge is 0.337 e. The first kappa shape index (κ1) is 10.2. The summed E-state index contributed by atoms with van der Waals surface area (Å²) >= 11 is 0. The molecule has 5 heteroatoms. The molecule has 0 aromatic heterocycles. The molecule has 5 nitrogen and oxygen atoms in total. The molecule has 0 saturated heterocycles. The van der Waals surface area contributed by atoms with Crippen LogP contribution in [0.4, 0.5) is 4.79 Å². The van der Waals surface area contributed by atoms with E-state index in [-0.39, 0.29) is 6.54 Å². The number of nitrogens with two attached hydrogens (primary N) is 1. The first-order chi connectivity index (χ1) is 6.74. The lowest BCUT2D eigenvalue weighted by Gasteiger charge is -2.09. The van der Waals surface area contributed by atoms with Crippen molar-refractivity contribution in [2.24, 2.45) is 11.0 Å². The van der Waals surface area contributed by atoms with Crippen LogP contribution in [0.5, 0.6) is 0 Å². The highest BCUT2D eigenvalue weighted by Crippen LogP contribution is 2.01. The molecule has 0 fully saturated rings. The molecule has 0 heterocycles. The fourth-order valence-electron chi connectivity index (χ4n) is 1.07. The number of primary amides is 1. The standard InChI is InChI=1S/C9H11N3O2/c10-9(13)12(11-14)7-6-8-4-2-1-3-5-8/h1-5H,6-7H2,(H2,10,13). The van der Waals surface area contributed by atoms with Gasteiger partial charge in [-0.1, -0.05) is 30.3 Å². The van der Waals surface area contributed by atoms with Crippen LogP contribution < -0.4 is 5.73 Å². The zero-order valence-electron chi connectivity index (χ0n) is 7.59. The predicted octanol–water partition coefficient (Wildman–Crippen LogP) is 1.29. The molecule has 2 amide bonds. The largest absolute Gasteiger partial charge is 0.350 e. The first-order valence-electron chi connectivity index (χ1n) is 4.18. The SMILES string of the molecule is NC(=O)N(CCc1ccccc1)N=O. The van der Waals surface area contributed by atoms with Crippen molar-refractivity contribution >= 4 is 6.03 Å². The summed E-state index contributed by atoms with van der Waals surface area (Å²) in [6.07, 6.45) is 0.565. The molecule has 0 radical (unpaired) electrons. The molecule has 14 heavy (non-hydrogen) atoms. The average molecular weight is 193 g/mol. The summed E-state index contributed by atoms with van der Waals surface area (Å²) in [5.74, 6) is 0. The molecule has 0 spiro atoms. The molecule has 0 bridgehead atoms. The van der Waals surface area contributed by atoms with Gasteiger partial charge in [-0.2, -0.15) is 5.01 Å². The van der Waals surface area contributed by atoms with Crippen molar-refractivity contribution in [2.75, 3.05) is 6.54 Å². The highest BCUT2D eigenvalue weighted by atomic mass is 16.3. The zero-order valence-corrected chi connectivity index (χ0v) is 7.59. The first-order valence-corrected chi connectivity index (χ1v) is 4.18. The Morgan fingerprint density at radius 2 is 2.00 bits per heavy atom. The Hall–Kier alpha value is -1.91. The molecule has 0 saturated carbocycles. The van der Waals surface area contributed by atoms with Gasteiger partial charge in [0.2, 0.25) is 0 Å². The fraction of sp³-hybridized carbons (Fsp3) is 0.222. The number of nitrogens with zero attached hydrogens (tertiary/aromatic N) is 2. The van der Waals surface area contributed by atoms with E-state index >= 15 is 0 Å². The summed E-state index contributed by atoms with van der Waals surface area (Å²) in [5, 5.41) is 3.21. The second-order valence-corrected chi connectivity index (χ2v) is 2.78. The Balaban J connectivity index is 2.47. The van der Waals surface area contributed by atoms with Crippen molar-refractivity contribution in [3.05, 3.63) is 40.8 Å². The second-order valence-electron chi connectivity index (χ2n) is 2.78. The van der Waals surface area contributed by atoms with Crippen molar-refractivity contribution in [3.8, 4) is 0 Å². The quantitative estimate of drug-likeness (QED) is 0.577. The molecular weight excluding hydrogens is 182 g/mol. The Morgan fingerprint density at radius 1 is 1.36 bits per heavy atom. The van der Waals surface area contributed by atoms with Crippen LogP contribution in [0.25, 0.3) is 0 Å². The van der Waals surface area contributed by atoms with Crippen molar-refractivity contribution in [1.82, 2.24) is 5.01 Å². The maximum Gasteiger partial charge on any atom is 0.337 e. The van der Waals surface area contributed by atoms with Crippen LogP contribution >= 0.6 is 0 Å². The van der Waals surface area contributed by atoms with E-state index in [1.807, 2.05) is 30.3 Å². The molecule has 1 rings (SSSR count). The van der Waals surface area contributed by atoms with Crippen LogP contribution in [-0.2, 0) is 6.42 Å². The van der Waals surface area contributed by atoms with Gasteiger partial charge in [-0.05, 0) is 12.0 Å². The molecule has 1 aromatic rings. The van der Waals surface area contributed by atoms with E-state index in [1.165, 1.54) is 0 Å². The molecule has 0 aliphatic heterocycles. The van der Waals surface area contributed by atoms with Gasteiger partial charge >= 0.3 is 6.03 Å². The van der Waals surface area contributed by atoms with Gasteiger partial charge in [-0.3, -0.25) is 0 Å². The number of rotatable bonds is 4. The van der Waals surface area contributed by atoms with Gasteiger partial charge in [0.15, 0.2) is 0 Å². The Bertz CT molecular complexity index is 313. The lowest BCUT2D eigenvalue weighted by atomic mass is 10.1. The zero-order chi connectivity index (χ0) is 10.4. The number of benzene rings is 1. The minimum Gasteiger partial charge on any atom is -0.350 e. The summed E-state index contributed by atoms with van der Waals surface area (Å²) in [6.45, 7) is 0.211. The minimum atomic E-state index is -0.823. The Labute approximate surface area is 81.5 Å². The van der Waals surface area contributed by atoms with Crippen LogP contribution in [0.2, 0.25) is 0 Å². The van der Waals surface area contributed by atoms with E-state index in [9.17, 15) is 9.70 Å². The summed E-state index contributed by atoms with van der Waals surface area (Å²) in [5.41, 5.74) is 5.93. The molecule has 74 valence electrons. The third-order valence-corrected chi connectivity index (χ3v) is 1.81. The molecule has 0 aliphatic carbocycles. The predicted molar refractivity (Wildman–Crippen MR) is 52.2 cm³/mol. The van der Waals surface area contributed by atoms with Gasteiger partial charge in [0.25, 0.3) is 0 Å². The van der Waals surface area contributed by atoms with Crippen LogP contribution in [0.3, 0.4) is 0 Å². The second kappa shape index (κ2) is 4.96. The van der Waals surface area contributed by atoms with Gasteiger partial charge < -0.3 is 5.73 Å². The Morgan fingerprint density at radius 3 is 2.50 bits per heavy atom. The van der Waals surface area contributed by atoms with Crippen molar-refractivity contribution in [2.45, 2.75) is 6.42 Å². The number of carbonyl (C=O) groups is 1. The van der Waals surface area contributed by atoms with Crippen molar-refractivity contribution in [3.63, 3.8) is 0 Å². The highest BCUT2D eigenvalue weighted by Gasteiger charge is 2.08. The van der Waals surface area contributed by atoms with Gasteiger partial charge in [0.1, 0.15) is 0 Å². The number of hydrogen-bond acceptors (Lipinski definition) is 3. The number of amides is 2. The van der Waals surface area contributed by atoms with Gasteiger partial charge in [-0.15, -0.1) is 4.91 Å². The fourth-order valence-corrected chi connectivity index (χ4v) is 1.07. The number of nitroso groups, excluding NO2 is 1. The average Bonchev–Trinajstić information content (AvgIpc) is 2.20. The monoisotopic (exact) mass is 193 g/mol. The summed E-state index contributed by atoms with van der Waals surface area (Å²) < 4.78 is 0. The number of hydrogen-bond donors (Lipinski definition) is 1. The third-order valence-electron chi connectivity index (χ3n) is 1.81. The van der Waals surface area contributed by atoms with E-state index in [2.05, 4.69) is 5.29 Å². The Kier molecular flexibility index (Phi) is 3.60. The van der Waals surface area contributed by atoms with E-state index in [4.69, 9.17) is 5.73 Å². The molecule has 2 N–H and O–H groups in total. The van der Waals surface area contributed by atoms with Crippen LogP contribution in [0.1, 0.15) is 5.56 Å². The van der Waals surface area contributed by atoms with Crippen LogP contribution in [0.15, 0.2) is 35.6 Å². The molecule has 0 atom stereocenters. The summed E-state index contributed by atoms with van der Waals surface area (Å²) in [7, 11) is 0. The van der Waals surface area contributed by atoms with E-state index < -0.39 is 6.03 Å². The normalized spacial score (nSPS) is 9.43. The highest BCUT2D eigenvalue weighted by molar-refractivity contribution is 5.71. The molecule has 0 unspecified atom stereocenters. The van der Waals surface area contributed by atoms with Crippen LogP contribution in [-0.4, -0.2) is 17.6 Å². The number of urea groups is 1. The van der Waals surface area contributed by atoms with Crippen molar-refractivity contribution in [1.29, 1.82) is 0 Å². The van der Waals surface area contributed by atoms with Gasteiger partial charge in [0, 0.05) is 0 Å². The number of carbonyl (C=O) groups excluding carboxylic acids is 1. The lowest BCUT2D eigenvalue weighted by molar-refractivity contribution is 0.209. The van der Waals surface area contributed by atoms with Crippen LogP contribution in [0, 0.1) is 4.91 Å². The topological polar surface area (TPSA) is 75.8 Å². The lowest BCUT2D eigenvalue weighted by Crippen LogP contribution is -2.32. The van der Waals surface area contributed by atoms with Gasteiger partial charge in [0.05, 0.1) is 11.8 Å². The third kappa shape index (κ3) is 2.85. The minimum absolute atomic E-state index is 0.211. The van der Waals surface area contributed by atoms with E-state index in [0.29, 0.717) is 11.4 Å². The van der Waals surface area contributed by atoms with Gasteiger partial charge in [-0.25, -0.2) is 4.79 Å². The summed E-state index contributed by atoms with van der Waals surface area (Å²) in [6, 6.07) is 8.66. The van der Waals surface area contributed by atoms with Crippen molar-refractivity contribution < 1.29 is 4.79 Å². The maximum atomic E-state index is 10.6. The van der Waals surface area contributed by atoms with E-state index in [1.54, 1.807) is 0 Å². The molecule has 0 aliphatic rings. The summed E-state index contributed by atoms with van der Waals surface area (Å²) in [4.78, 5) is 20.7. The molecule has 1 aromatic carbocycles.